The summed E-state index contributed by atoms with van der Waals surface area (Å²) in [4.78, 5) is 2.36. The van der Waals surface area contributed by atoms with Crippen molar-refractivity contribution in [1.29, 1.82) is 0 Å². The first kappa shape index (κ1) is 12.9. The normalized spacial score (nSPS) is 22.2. The average molecular weight is 214 g/mol. The van der Waals surface area contributed by atoms with Gasteiger partial charge in [0.25, 0.3) is 0 Å². The molecule has 0 bridgehead atoms. The second-order valence-corrected chi connectivity index (χ2v) is 4.65. The first-order valence-electron chi connectivity index (χ1n) is 6.21. The Bertz CT molecular complexity index is 147. The average Bonchev–Trinajstić information content (AvgIpc) is 2.28. The Labute approximate surface area is 94.2 Å². The van der Waals surface area contributed by atoms with Gasteiger partial charge in [-0.15, -0.1) is 0 Å². The molecule has 1 aliphatic rings. The lowest BCUT2D eigenvalue weighted by molar-refractivity contribution is 0.159. The zero-order chi connectivity index (χ0) is 10.9. The van der Waals surface area contributed by atoms with Crippen LogP contribution in [0.3, 0.4) is 0 Å². The molecule has 1 saturated heterocycles. The van der Waals surface area contributed by atoms with Crippen LogP contribution in [0.4, 0.5) is 0 Å². The molecule has 1 N–H and O–H groups in total. The molecule has 3 nitrogen and oxygen atoms in total. The maximum atomic E-state index is 5.06. The van der Waals surface area contributed by atoms with Gasteiger partial charge in [-0.1, -0.05) is 0 Å². The van der Waals surface area contributed by atoms with Crippen molar-refractivity contribution >= 4 is 0 Å². The van der Waals surface area contributed by atoms with Crippen LogP contribution in [0, 0.1) is 5.92 Å². The van der Waals surface area contributed by atoms with Gasteiger partial charge in [-0.05, 0) is 58.3 Å². The summed E-state index contributed by atoms with van der Waals surface area (Å²) in [5, 5.41) is 3.47. The molecule has 3 heteroatoms. The zero-order valence-electron chi connectivity index (χ0n) is 10.3. The molecule has 0 radical (unpaired) electrons. The third-order valence-corrected chi connectivity index (χ3v) is 3.23. The molecule has 0 saturated carbocycles. The molecule has 1 atom stereocenters. The van der Waals surface area contributed by atoms with Crippen LogP contribution in [0.1, 0.15) is 25.7 Å². The molecule has 0 aromatic carbocycles. The number of hydrogen-bond donors (Lipinski definition) is 1. The highest BCUT2D eigenvalue weighted by atomic mass is 16.5. The van der Waals surface area contributed by atoms with E-state index >= 15 is 0 Å². The lowest BCUT2D eigenvalue weighted by atomic mass is 9.95. The quantitative estimate of drug-likeness (QED) is 0.692. The van der Waals surface area contributed by atoms with Crippen LogP contribution in [0.2, 0.25) is 0 Å². The molecule has 1 unspecified atom stereocenters. The number of nitrogens with zero attached hydrogens (tertiary/aromatic N) is 1. The summed E-state index contributed by atoms with van der Waals surface area (Å²) in [7, 11) is 3.94. The van der Waals surface area contributed by atoms with E-state index in [-0.39, 0.29) is 0 Å². The third-order valence-electron chi connectivity index (χ3n) is 3.23. The second-order valence-electron chi connectivity index (χ2n) is 4.65. The zero-order valence-corrected chi connectivity index (χ0v) is 10.3. The molecule has 0 aromatic rings. The van der Waals surface area contributed by atoms with Gasteiger partial charge >= 0.3 is 0 Å². The summed E-state index contributed by atoms with van der Waals surface area (Å²) in [6.07, 6.45) is 5.50. The van der Waals surface area contributed by atoms with E-state index in [4.69, 9.17) is 4.74 Å². The van der Waals surface area contributed by atoms with Gasteiger partial charge < -0.3 is 15.0 Å². The predicted molar refractivity (Wildman–Crippen MR) is 64.2 cm³/mol. The highest BCUT2D eigenvalue weighted by Gasteiger charge is 2.12. The Morgan fingerprint density at radius 3 is 2.93 bits per heavy atom. The number of hydrogen-bond acceptors (Lipinski definition) is 3. The van der Waals surface area contributed by atoms with Crippen LogP contribution < -0.4 is 5.32 Å². The van der Waals surface area contributed by atoms with Gasteiger partial charge in [0.15, 0.2) is 0 Å². The Kier molecular flexibility index (Phi) is 6.98. The molecule has 0 amide bonds. The van der Waals surface area contributed by atoms with Crippen molar-refractivity contribution in [1.82, 2.24) is 10.2 Å². The van der Waals surface area contributed by atoms with E-state index in [1.807, 2.05) is 0 Å². The van der Waals surface area contributed by atoms with Gasteiger partial charge in [-0.2, -0.15) is 0 Å². The van der Waals surface area contributed by atoms with Crippen molar-refractivity contribution in [2.24, 2.45) is 5.92 Å². The summed E-state index contributed by atoms with van der Waals surface area (Å²) in [6, 6.07) is 0. The maximum absolute atomic E-state index is 5.06. The van der Waals surface area contributed by atoms with Crippen LogP contribution in [-0.4, -0.2) is 51.8 Å². The second kappa shape index (κ2) is 8.08. The SMILES string of the molecule is COCCN(C)CCCC1CCCNC1. The van der Waals surface area contributed by atoms with E-state index in [9.17, 15) is 0 Å². The lowest BCUT2D eigenvalue weighted by Gasteiger charge is -2.23. The van der Waals surface area contributed by atoms with Gasteiger partial charge in [0.2, 0.25) is 0 Å². The molecule has 1 heterocycles. The molecular formula is C12H26N2O. The Morgan fingerprint density at radius 1 is 1.40 bits per heavy atom. The van der Waals surface area contributed by atoms with Gasteiger partial charge in [0.05, 0.1) is 6.61 Å². The number of likely N-dealkylation sites (N-methyl/N-ethyl adjacent to an activating group) is 1. The maximum Gasteiger partial charge on any atom is 0.0589 e. The van der Waals surface area contributed by atoms with Crippen LogP contribution in [0.25, 0.3) is 0 Å². The molecule has 0 aromatic heterocycles. The number of piperidine rings is 1. The van der Waals surface area contributed by atoms with Gasteiger partial charge in [0, 0.05) is 13.7 Å². The minimum absolute atomic E-state index is 0.849. The first-order valence-corrected chi connectivity index (χ1v) is 6.21. The Balaban J connectivity index is 1.94. The molecule has 1 aliphatic heterocycles. The summed E-state index contributed by atoms with van der Waals surface area (Å²) in [6.45, 7) is 5.58. The predicted octanol–water partition coefficient (Wildman–Crippen LogP) is 1.34. The van der Waals surface area contributed by atoms with Gasteiger partial charge in [-0.3, -0.25) is 0 Å². The molecule has 0 spiro atoms. The van der Waals surface area contributed by atoms with E-state index in [0.717, 1.165) is 19.1 Å². The molecule has 15 heavy (non-hydrogen) atoms. The van der Waals surface area contributed by atoms with Crippen molar-refractivity contribution in [2.45, 2.75) is 25.7 Å². The van der Waals surface area contributed by atoms with Crippen LogP contribution >= 0.6 is 0 Å². The van der Waals surface area contributed by atoms with E-state index in [1.165, 1.54) is 45.3 Å². The van der Waals surface area contributed by atoms with Crippen LogP contribution in [0.15, 0.2) is 0 Å². The van der Waals surface area contributed by atoms with E-state index in [2.05, 4.69) is 17.3 Å². The van der Waals surface area contributed by atoms with E-state index in [0.29, 0.717) is 0 Å². The Hall–Kier alpha value is -0.120. The molecular weight excluding hydrogens is 188 g/mol. The lowest BCUT2D eigenvalue weighted by Crippen LogP contribution is -2.30. The summed E-state index contributed by atoms with van der Waals surface area (Å²) in [5.74, 6) is 0.926. The molecule has 1 fully saturated rings. The standard InChI is InChI=1S/C12H26N2O/c1-14(9-10-15-2)8-4-6-12-5-3-7-13-11-12/h12-13H,3-11H2,1-2H3. The topological polar surface area (TPSA) is 24.5 Å². The van der Waals surface area contributed by atoms with E-state index < -0.39 is 0 Å². The van der Waals surface area contributed by atoms with Gasteiger partial charge in [-0.25, -0.2) is 0 Å². The van der Waals surface area contributed by atoms with E-state index in [1.54, 1.807) is 7.11 Å². The number of methoxy groups -OCH3 is 1. The smallest absolute Gasteiger partial charge is 0.0589 e. The minimum atomic E-state index is 0.849. The number of rotatable bonds is 7. The van der Waals surface area contributed by atoms with Gasteiger partial charge in [0.1, 0.15) is 0 Å². The highest BCUT2D eigenvalue weighted by molar-refractivity contribution is 4.69. The number of ether oxygens (including phenoxy) is 1. The fourth-order valence-electron chi connectivity index (χ4n) is 2.18. The Morgan fingerprint density at radius 2 is 2.27 bits per heavy atom. The van der Waals surface area contributed by atoms with Crippen LogP contribution in [0.5, 0.6) is 0 Å². The fourth-order valence-corrected chi connectivity index (χ4v) is 2.18. The summed E-state index contributed by atoms with van der Waals surface area (Å²) >= 11 is 0. The molecule has 1 rings (SSSR count). The molecule has 90 valence electrons. The number of nitrogens with one attached hydrogen (secondary N) is 1. The third kappa shape index (κ3) is 6.13. The fraction of sp³-hybridized carbons (Fsp3) is 1.00. The monoisotopic (exact) mass is 214 g/mol. The first-order chi connectivity index (χ1) is 7.33. The minimum Gasteiger partial charge on any atom is -0.383 e. The van der Waals surface area contributed by atoms with Crippen molar-refractivity contribution in [3.8, 4) is 0 Å². The van der Waals surface area contributed by atoms with Crippen molar-refractivity contribution in [2.75, 3.05) is 46.9 Å². The molecule has 0 aliphatic carbocycles. The van der Waals surface area contributed by atoms with Crippen molar-refractivity contribution < 1.29 is 4.74 Å². The van der Waals surface area contributed by atoms with Crippen molar-refractivity contribution in [3.63, 3.8) is 0 Å². The van der Waals surface area contributed by atoms with Crippen LogP contribution in [-0.2, 0) is 4.74 Å². The highest BCUT2D eigenvalue weighted by Crippen LogP contribution is 2.15. The largest absolute Gasteiger partial charge is 0.383 e. The summed E-state index contributed by atoms with van der Waals surface area (Å²) in [5.41, 5.74) is 0. The van der Waals surface area contributed by atoms with Crippen molar-refractivity contribution in [3.05, 3.63) is 0 Å². The summed E-state index contributed by atoms with van der Waals surface area (Å²) < 4.78 is 5.06.